The Morgan fingerprint density at radius 1 is 0.474 bits per heavy atom. The molecule has 3 aliphatic rings. The molecule has 3 saturated heterocycles. The van der Waals surface area contributed by atoms with Gasteiger partial charge < -0.3 is 116 Å². The second kappa shape index (κ2) is 50.1. The molecule has 3 aliphatic heterocycles. The fourth-order valence-corrected chi connectivity index (χ4v) is 10.7. The van der Waals surface area contributed by atoms with Crippen molar-refractivity contribution in [3.05, 3.63) is 0 Å². The number of unbranched alkanes of at least 4 members (excludes halogenated alkanes) is 3. The van der Waals surface area contributed by atoms with E-state index in [0.717, 1.165) is 32.8 Å². The van der Waals surface area contributed by atoms with Crippen LogP contribution in [0.5, 0.6) is 0 Å². The number of hydrogen-bond donors (Lipinski definition) is 16. The third-order valence-corrected chi connectivity index (χ3v) is 17.3. The van der Waals surface area contributed by atoms with Crippen LogP contribution < -0.4 is 32.3 Å². The lowest BCUT2D eigenvalue weighted by atomic mass is 9.92. The molecule has 0 aromatic carbocycles. The van der Waals surface area contributed by atoms with Gasteiger partial charge in [0.1, 0.15) is 54.0 Å². The highest BCUT2D eigenvalue weighted by molar-refractivity contribution is 7.47. The van der Waals surface area contributed by atoms with Crippen molar-refractivity contribution < 1.29 is 136 Å². The van der Waals surface area contributed by atoms with Crippen molar-refractivity contribution in [2.24, 2.45) is 23.5 Å². The predicted molar refractivity (Wildman–Crippen MR) is 342 cm³/mol. The van der Waals surface area contributed by atoms with Gasteiger partial charge in [-0.2, -0.15) is 0 Å². The molecule has 8 unspecified atom stereocenters. The van der Waals surface area contributed by atoms with Crippen LogP contribution in [-0.4, -0.2) is 302 Å². The third-order valence-electron chi connectivity index (χ3n) is 16.3. The number of carbonyl (C=O) groups is 8. The number of nitrogens with one attached hydrogen (secondary N) is 5. The monoisotopic (exact) mass is 1420 g/mol. The second-order valence-corrected chi connectivity index (χ2v) is 25.7. The smallest absolute Gasteiger partial charge is 0.394 e. The van der Waals surface area contributed by atoms with Crippen LogP contribution in [0.15, 0.2) is 0 Å². The number of nitrogens with zero attached hydrogens (tertiary/aromatic N) is 1. The lowest BCUT2D eigenvalue weighted by Gasteiger charge is -2.40. The molecule has 0 saturated carbocycles. The summed E-state index contributed by atoms with van der Waals surface area (Å²) in [5.74, 6) is -6.38. The number of ketones is 3. The average molecular weight is 1420 g/mol. The number of methoxy groups -OCH3 is 1. The second-order valence-electron chi connectivity index (χ2n) is 24.1. The van der Waals surface area contributed by atoms with Crippen molar-refractivity contribution >= 4 is 54.7 Å². The third kappa shape index (κ3) is 35.3. The highest BCUT2D eigenvalue weighted by Crippen LogP contribution is 2.42. The molecule has 36 heteroatoms. The number of aliphatic hydroxyl groups excluding tert-OH is 9. The lowest BCUT2D eigenvalue weighted by Crippen LogP contribution is -2.55. The molecule has 0 spiro atoms. The maximum Gasteiger partial charge on any atom is 0.471 e. The van der Waals surface area contributed by atoms with Crippen LogP contribution in [0.25, 0.3) is 0 Å². The number of aliphatic hydroxyl groups is 9. The molecule has 3 heterocycles. The molecule has 3 rings (SSSR count). The summed E-state index contributed by atoms with van der Waals surface area (Å²) in [5.41, 5.74) is 5.30. The first kappa shape index (κ1) is 88.8. The number of phosphoric ester groups is 1. The van der Waals surface area contributed by atoms with E-state index in [1.54, 1.807) is 20.8 Å². The van der Waals surface area contributed by atoms with E-state index in [4.69, 9.17) is 43.8 Å². The first-order valence-electron chi connectivity index (χ1n) is 33.3. The van der Waals surface area contributed by atoms with Crippen LogP contribution in [0.4, 0.5) is 0 Å². The largest absolute Gasteiger partial charge is 0.471 e. The van der Waals surface area contributed by atoms with Crippen molar-refractivity contribution in [2.75, 3.05) is 119 Å². The zero-order chi connectivity index (χ0) is 72.5. The molecule has 0 aromatic rings. The zero-order valence-corrected chi connectivity index (χ0v) is 57.6. The molecule has 0 bridgehead atoms. The maximum absolute atomic E-state index is 14.1. The van der Waals surface area contributed by atoms with Crippen molar-refractivity contribution in [1.29, 1.82) is 0 Å². The summed E-state index contributed by atoms with van der Waals surface area (Å²) in [6, 6.07) is -1.42. The molecule has 0 radical (unpaired) electrons. The maximum atomic E-state index is 14.1. The molecule has 35 nitrogen and oxygen atoms in total. The Labute approximate surface area is 566 Å². The van der Waals surface area contributed by atoms with Gasteiger partial charge in [-0.15, -0.1) is 0 Å². The SMILES string of the molecule is COCCCC(=O)CCCC(=O)CCC(C(=O)NCC(=O)NCCCO[C@@H]1OC(CO)[C@H](O)[C@H](O)C1C)N(CC(=O)CCC(=O)NCCCO[C@@H]1OC(CO)[C@H](O)[C@H](O)C1C)CC(=O)NCC(=O)NCCCO[C@@H]1OC(CO)[C@H](O)[C@H](O)C1C.COP(=O)(O)OCCCCCCN. The number of carbonyl (C=O) groups excluding carboxylic acids is 8. The Kier molecular flexibility index (Phi) is 45.9. The highest BCUT2D eigenvalue weighted by Gasteiger charge is 2.45. The van der Waals surface area contributed by atoms with E-state index in [1.165, 1.54) is 12.0 Å². The fourth-order valence-electron chi connectivity index (χ4n) is 10.2. The topological polar surface area (TPSA) is 528 Å². The number of Topliss-reactive ketones (excluding diaryl/α,β-unsaturated/α-hetero) is 3. The minimum absolute atomic E-state index is 0.0233. The Hall–Kier alpha value is -4.25. The van der Waals surface area contributed by atoms with Gasteiger partial charge in [-0.1, -0.05) is 33.6 Å². The first-order valence-corrected chi connectivity index (χ1v) is 34.8. The Bertz CT molecular complexity index is 2260. The van der Waals surface area contributed by atoms with E-state index in [9.17, 15) is 88.9 Å². The van der Waals surface area contributed by atoms with Gasteiger partial charge in [0, 0.05) is 96.7 Å². The number of nitrogens with two attached hydrogens (primary N) is 1. The van der Waals surface area contributed by atoms with Gasteiger partial charge in [-0.05, 0) is 57.9 Å². The summed E-state index contributed by atoms with van der Waals surface area (Å²) < 4.78 is 58.3. The van der Waals surface area contributed by atoms with E-state index < -0.39 is 187 Å². The van der Waals surface area contributed by atoms with Crippen molar-refractivity contribution in [3.63, 3.8) is 0 Å². The van der Waals surface area contributed by atoms with Gasteiger partial charge in [0.2, 0.25) is 29.5 Å². The van der Waals surface area contributed by atoms with Gasteiger partial charge in [0.05, 0.1) is 96.8 Å². The van der Waals surface area contributed by atoms with E-state index in [1.807, 2.05) is 0 Å². The summed E-state index contributed by atoms with van der Waals surface area (Å²) in [4.78, 5) is 116. The molecule has 0 aromatic heterocycles. The number of hydrogen-bond acceptors (Lipinski definition) is 29. The fraction of sp³-hybridized carbons (Fsp3) is 0.869. The molecule has 97 heavy (non-hydrogen) atoms. The van der Waals surface area contributed by atoms with E-state index in [2.05, 4.69) is 35.6 Å². The van der Waals surface area contributed by atoms with Gasteiger partial charge in [-0.25, -0.2) is 4.57 Å². The van der Waals surface area contributed by atoms with Gasteiger partial charge in [0.15, 0.2) is 18.9 Å². The van der Waals surface area contributed by atoms with Crippen molar-refractivity contribution in [2.45, 2.75) is 203 Å². The molecule has 0 aliphatic carbocycles. The van der Waals surface area contributed by atoms with E-state index >= 15 is 0 Å². The molecule has 5 amide bonds. The number of ether oxygens (including phenoxy) is 7. The van der Waals surface area contributed by atoms with E-state index in [-0.39, 0.29) is 128 Å². The Balaban J connectivity index is 0.00000221. The Morgan fingerprint density at radius 2 is 0.907 bits per heavy atom. The number of rotatable bonds is 50. The van der Waals surface area contributed by atoms with Gasteiger partial charge in [-0.3, -0.25) is 52.3 Å². The highest BCUT2D eigenvalue weighted by atomic mass is 31.2. The molecular weight excluding hydrogens is 1310 g/mol. The minimum atomic E-state index is -3.75. The summed E-state index contributed by atoms with van der Waals surface area (Å²) in [7, 11) is -1.09. The molecule has 3 fully saturated rings. The number of phosphoric acid groups is 1. The van der Waals surface area contributed by atoms with E-state index in [0.29, 0.717) is 19.6 Å². The van der Waals surface area contributed by atoms with Gasteiger partial charge in [0.25, 0.3) is 0 Å². The minimum Gasteiger partial charge on any atom is -0.394 e. The molecular formula is C61H112N7O28P. The summed E-state index contributed by atoms with van der Waals surface area (Å²) in [5, 5.41) is 103. The number of amides is 5. The van der Waals surface area contributed by atoms with Crippen molar-refractivity contribution in [1.82, 2.24) is 31.5 Å². The Morgan fingerprint density at radius 3 is 1.35 bits per heavy atom. The van der Waals surface area contributed by atoms with Crippen LogP contribution in [-0.2, 0) is 85.1 Å². The summed E-state index contributed by atoms with van der Waals surface area (Å²) >= 11 is 0. The zero-order valence-electron chi connectivity index (χ0n) is 56.7. The van der Waals surface area contributed by atoms with Crippen molar-refractivity contribution in [3.8, 4) is 0 Å². The standard InChI is InChI=1S/C54H94N6O24.C7H18NO4P/c1-31-45(71)48(74)38(28-61)82-52(31)79-21-7-17-55-41(67)16-14-36(66)26-60(27-44(70)58-24-42(68)56-18-8-22-80-53-32(2)46(72)49(75)39(29-62)83-53)37(15-13-35(65)11-5-10-34(64)12-6-20-78-4)51(77)59-25-43(69)57-19-9-23-81-54-33(3)47(73)50(76)40(30-63)84-54;1-11-13(9,10)12-7-5-3-2-4-6-8/h31-33,37-40,45-50,52-54,61-63,71-76H,5-30H2,1-4H3,(H,55,67)(H,56,68)(H,57,69)(H,58,70)(H,59,77);2-8H2,1H3,(H,9,10)/t31?,32?,33?,37?,38?,39?,40?,45-,46-,47-,48+,49+,50+,52-,53-,54-;/m1./s1. The van der Waals surface area contributed by atoms with Gasteiger partial charge >= 0.3 is 7.82 Å². The van der Waals surface area contributed by atoms with Crippen LogP contribution in [0.2, 0.25) is 0 Å². The van der Waals surface area contributed by atoms with Crippen LogP contribution in [0.1, 0.15) is 124 Å². The summed E-state index contributed by atoms with van der Waals surface area (Å²) in [6.45, 7) is 2.42. The van der Waals surface area contributed by atoms with Crippen LogP contribution in [0, 0.1) is 17.8 Å². The molecule has 17 atom stereocenters. The predicted octanol–water partition coefficient (Wildman–Crippen LogP) is -4.18. The lowest BCUT2D eigenvalue weighted by molar-refractivity contribution is -0.282. The normalized spacial score (nSPS) is 26.5. The first-order chi connectivity index (χ1) is 46.2. The molecule has 17 N–H and O–H groups in total. The quantitative estimate of drug-likeness (QED) is 0.0203. The van der Waals surface area contributed by atoms with Crippen LogP contribution in [0.3, 0.4) is 0 Å². The molecule has 564 valence electrons. The summed E-state index contributed by atoms with van der Waals surface area (Å²) in [6.07, 6.45) is -9.17. The average Bonchev–Trinajstić information content (AvgIpc) is 0.845. The van der Waals surface area contributed by atoms with Crippen LogP contribution >= 0.6 is 7.82 Å².